The Balaban J connectivity index is 2.90. The molecule has 0 aromatic carbocycles. The maximum atomic E-state index is 4.37. The molecule has 0 saturated heterocycles. The van der Waals surface area contributed by atoms with E-state index in [1.807, 2.05) is 17.7 Å². The SMILES string of the molecule is Cn1cc(I)c2ccc(Br)nc21. The van der Waals surface area contributed by atoms with Crippen LogP contribution in [0.2, 0.25) is 0 Å². The largest absolute Gasteiger partial charge is 0.334 e. The van der Waals surface area contributed by atoms with Crippen LogP contribution in [0.3, 0.4) is 0 Å². The van der Waals surface area contributed by atoms with E-state index in [4.69, 9.17) is 0 Å². The molecule has 0 amide bonds. The van der Waals surface area contributed by atoms with Crippen molar-refractivity contribution in [2.75, 3.05) is 0 Å². The van der Waals surface area contributed by atoms with E-state index in [-0.39, 0.29) is 0 Å². The van der Waals surface area contributed by atoms with Crippen molar-refractivity contribution < 1.29 is 0 Å². The maximum Gasteiger partial charge on any atom is 0.142 e. The highest BCUT2D eigenvalue weighted by atomic mass is 127. The van der Waals surface area contributed by atoms with Crippen LogP contribution in [-0.2, 0) is 7.05 Å². The number of nitrogens with zero attached hydrogens (tertiary/aromatic N) is 2. The van der Waals surface area contributed by atoms with Crippen LogP contribution in [0, 0.1) is 3.57 Å². The average molecular weight is 337 g/mol. The lowest BCUT2D eigenvalue weighted by atomic mass is 10.3. The van der Waals surface area contributed by atoms with Crippen LogP contribution in [0.1, 0.15) is 0 Å². The normalized spacial score (nSPS) is 10.9. The number of halogens is 2. The Morgan fingerprint density at radius 1 is 1.50 bits per heavy atom. The van der Waals surface area contributed by atoms with Crippen LogP contribution < -0.4 is 0 Å². The number of aryl methyl sites for hydroxylation is 1. The van der Waals surface area contributed by atoms with Gasteiger partial charge < -0.3 is 4.57 Å². The van der Waals surface area contributed by atoms with Gasteiger partial charge in [-0.3, -0.25) is 0 Å². The van der Waals surface area contributed by atoms with E-state index in [9.17, 15) is 0 Å². The minimum Gasteiger partial charge on any atom is -0.334 e. The maximum absolute atomic E-state index is 4.37. The molecule has 62 valence electrons. The highest BCUT2D eigenvalue weighted by Gasteiger charge is 2.04. The van der Waals surface area contributed by atoms with Crippen LogP contribution in [0.4, 0.5) is 0 Å². The Labute approximate surface area is 92.2 Å². The Kier molecular flexibility index (Phi) is 2.12. The summed E-state index contributed by atoms with van der Waals surface area (Å²) in [5, 5.41) is 1.21. The predicted molar refractivity (Wildman–Crippen MR) is 61.1 cm³/mol. The van der Waals surface area contributed by atoms with Gasteiger partial charge in [0.15, 0.2) is 0 Å². The monoisotopic (exact) mass is 336 g/mol. The molecule has 0 N–H and O–H groups in total. The van der Waals surface area contributed by atoms with Gasteiger partial charge >= 0.3 is 0 Å². The van der Waals surface area contributed by atoms with Crippen molar-refractivity contribution in [2.24, 2.45) is 7.05 Å². The first-order valence-electron chi connectivity index (χ1n) is 3.45. The standard InChI is InChI=1S/C8H6BrIN2/c1-12-4-6(10)5-2-3-7(9)11-8(5)12/h2-4H,1H3. The summed E-state index contributed by atoms with van der Waals surface area (Å²) in [5.74, 6) is 0. The Bertz CT molecular complexity index is 436. The first-order chi connectivity index (χ1) is 5.68. The zero-order valence-corrected chi connectivity index (χ0v) is 10.1. The van der Waals surface area contributed by atoms with Crippen molar-refractivity contribution in [3.8, 4) is 0 Å². The van der Waals surface area contributed by atoms with Crippen molar-refractivity contribution >= 4 is 49.6 Å². The second-order valence-corrected chi connectivity index (χ2v) is 4.57. The molecule has 0 aliphatic heterocycles. The molecule has 0 aliphatic rings. The van der Waals surface area contributed by atoms with Crippen LogP contribution >= 0.6 is 38.5 Å². The van der Waals surface area contributed by atoms with E-state index < -0.39 is 0 Å². The van der Waals surface area contributed by atoms with E-state index >= 15 is 0 Å². The van der Waals surface area contributed by atoms with Gasteiger partial charge in [0, 0.05) is 22.2 Å². The first kappa shape index (κ1) is 8.50. The summed E-state index contributed by atoms with van der Waals surface area (Å²) >= 11 is 5.66. The minimum atomic E-state index is 0.882. The lowest BCUT2D eigenvalue weighted by Gasteiger charge is -1.94. The summed E-state index contributed by atoms with van der Waals surface area (Å²) in [6.45, 7) is 0. The molecular formula is C8H6BrIN2. The zero-order chi connectivity index (χ0) is 8.72. The van der Waals surface area contributed by atoms with Crippen LogP contribution in [0.25, 0.3) is 11.0 Å². The summed E-state index contributed by atoms with van der Waals surface area (Å²) in [7, 11) is 2.00. The average Bonchev–Trinajstić information content (AvgIpc) is 2.28. The van der Waals surface area contributed by atoms with Gasteiger partial charge in [0.05, 0.1) is 0 Å². The van der Waals surface area contributed by atoms with E-state index in [0.29, 0.717) is 0 Å². The van der Waals surface area contributed by atoms with Crippen LogP contribution in [0.5, 0.6) is 0 Å². The molecule has 0 saturated carbocycles. The molecule has 0 fully saturated rings. The second-order valence-electron chi connectivity index (χ2n) is 2.59. The molecule has 2 heterocycles. The van der Waals surface area contributed by atoms with Crippen molar-refractivity contribution in [3.63, 3.8) is 0 Å². The third-order valence-corrected chi connectivity index (χ3v) is 3.04. The molecule has 2 aromatic heterocycles. The molecule has 2 rings (SSSR count). The van der Waals surface area contributed by atoms with E-state index in [1.54, 1.807) is 0 Å². The minimum absolute atomic E-state index is 0.882. The fourth-order valence-corrected chi connectivity index (χ4v) is 2.32. The summed E-state index contributed by atoms with van der Waals surface area (Å²) < 4.78 is 4.15. The summed E-state index contributed by atoms with van der Waals surface area (Å²) in [5.41, 5.74) is 1.02. The molecule has 0 unspecified atom stereocenters. The summed E-state index contributed by atoms with van der Waals surface area (Å²) in [6, 6.07) is 4.04. The first-order valence-corrected chi connectivity index (χ1v) is 5.33. The van der Waals surface area contributed by atoms with Gasteiger partial charge in [-0.1, -0.05) is 0 Å². The third-order valence-electron chi connectivity index (χ3n) is 1.74. The molecule has 2 nitrogen and oxygen atoms in total. The van der Waals surface area contributed by atoms with Gasteiger partial charge in [-0.15, -0.1) is 0 Å². The van der Waals surface area contributed by atoms with Gasteiger partial charge in [-0.25, -0.2) is 4.98 Å². The molecule has 0 aliphatic carbocycles. The number of hydrogen-bond donors (Lipinski definition) is 0. The zero-order valence-electron chi connectivity index (χ0n) is 6.38. The van der Waals surface area contributed by atoms with Crippen LogP contribution in [-0.4, -0.2) is 9.55 Å². The lowest BCUT2D eigenvalue weighted by Crippen LogP contribution is -1.87. The lowest BCUT2D eigenvalue weighted by molar-refractivity contribution is 0.943. The number of aromatic nitrogens is 2. The molecule has 0 spiro atoms. The number of hydrogen-bond acceptors (Lipinski definition) is 1. The van der Waals surface area contributed by atoms with Gasteiger partial charge in [0.1, 0.15) is 10.3 Å². The molecular weight excluding hydrogens is 331 g/mol. The Morgan fingerprint density at radius 2 is 2.25 bits per heavy atom. The summed E-state index contributed by atoms with van der Waals surface area (Å²) in [6.07, 6.45) is 2.07. The van der Waals surface area contributed by atoms with Gasteiger partial charge in [-0.05, 0) is 50.7 Å². The molecule has 0 bridgehead atoms. The number of fused-ring (bicyclic) bond motifs is 1. The van der Waals surface area contributed by atoms with Gasteiger partial charge in [0.25, 0.3) is 0 Å². The molecule has 4 heteroatoms. The highest BCUT2D eigenvalue weighted by molar-refractivity contribution is 14.1. The van der Waals surface area contributed by atoms with Gasteiger partial charge in [-0.2, -0.15) is 0 Å². The molecule has 0 radical (unpaired) electrons. The van der Waals surface area contributed by atoms with Crippen molar-refractivity contribution in [1.82, 2.24) is 9.55 Å². The molecule has 12 heavy (non-hydrogen) atoms. The van der Waals surface area contributed by atoms with Crippen molar-refractivity contribution in [2.45, 2.75) is 0 Å². The Hall–Kier alpha value is -0.100. The van der Waals surface area contributed by atoms with E-state index in [1.165, 1.54) is 8.96 Å². The van der Waals surface area contributed by atoms with Crippen molar-refractivity contribution in [1.29, 1.82) is 0 Å². The predicted octanol–water partition coefficient (Wildman–Crippen LogP) is 2.94. The van der Waals surface area contributed by atoms with E-state index in [2.05, 4.69) is 55.8 Å². The fraction of sp³-hybridized carbons (Fsp3) is 0.125. The quantitative estimate of drug-likeness (QED) is 0.534. The Morgan fingerprint density at radius 3 is 3.00 bits per heavy atom. The number of rotatable bonds is 0. The second kappa shape index (κ2) is 2.99. The fourth-order valence-electron chi connectivity index (χ4n) is 1.18. The molecule has 0 atom stereocenters. The molecule has 2 aromatic rings. The summed E-state index contributed by atoms with van der Waals surface area (Å²) in [4.78, 5) is 4.37. The van der Waals surface area contributed by atoms with Gasteiger partial charge in [0.2, 0.25) is 0 Å². The number of pyridine rings is 1. The van der Waals surface area contributed by atoms with Crippen molar-refractivity contribution in [3.05, 3.63) is 26.5 Å². The van der Waals surface area contributed by atoms with Crippen LogP contribution in [0.15, 0.2) is 22.9 Å². The highest BCUT2D eigenvalue weighted by Crippen LogP contribution is 2.22. The topological polar surface area (TPSA) is 17.8 Å². The smallest absolute Gasteiger partial charge is 0.142 e. The van der Waals surface area contributed by atoms with E-state index in [0.717, 1.165) is 10.3 Å². The third kappa shape index (κ3) is 1.26.